The van der Waals surface area contributed by atoms with E-state index in [-0.39, 0.29) is 19.1 Å². The number of carbonyl (C=O) groups is 3. The summed E-state index contributed by atoms with van der Waals surface area (Å²) in [6.07, 6.45) is 1.08. The minimum absolute atomic E-state index is 0.0437. The lowest BCUT2D eigenvalue weighted by Gasteiger charge is -2.28. The summed E-state index contributed by atoms with van der Waals surface area (Å²) >= 11 is 0. The molecule has 0 radical (unpaired) electrons. The van der Waals surface area contributed by atoms with E-state index >= 15 is 0 Å². The summed E-state index contributed by atoms with van der Waals surface area (Å²) in [5, 5.41) is 11.7. The fraction of sp³-hybridized carbons (Fsp3) is 0.400. The van der Waals surface area contributed by atoms with Crippen LogP contribution in [0.25, 0.3) is 11.1 Å². The molecule has 8 nitrogen and oxygen atoms in total. The van der Waals surface area contributed by atoms with E-state index in [0.717, 1.165) is 35.1 Å². The maximum absolute atomic E-state index is 12.7. The second kappa shape index (κ2) is 9.62. The van der Waals surface area contributed by atoms with Crippen molar-refractivity contribution in [2.75, 3.05) is 13.2 Å². The van der Waals surface area contributed by atoms with E-state index in [9.17, 15) is 14.4 Å². The van der Waals surface area contributed by atoms with Crippen LogP contribution in [0.3, 0.4) is 0 Å². The molecule has 0 aliphatic heterocycles. The standard InChI is InChI=1S/C25H28N2O6/c1-16(22(28)29)33-27-23(30)25(12-6-7-13-25)15-26-24(31)32-14-21-19-10-4-2-8-17(19)18-9-3-5-11-20(18)21/h2-5,8-11,16,21H,6-7,12-15H2,1H3,(H,26,31)(H,27,30)(H,28,29). The van der Waals surface area contributed by atoms with Gasteiger partial charge in [0.1, 0.15) is 6.61 Å². The molecule has 2 aromatic rings. The molecule has 2 amide bonds. The maximum atomic E-state index is 12.7. The van der Waals surface area contributed by atoms with Crippen molar-refractivity contribution in [1.82, 2.24) is 10.8 Å². The SMILES string of the molecule is CC(ONC(=O)C1(CNC(=O)OCC2c3ccccc3-c3ccccc32)CCCC1)C(=O)O. The van der Waals surface area contributed by atoms with Gasteiger partial charge in [-0.25, -0.2) is 15.1 Å². The van der Waals surface area contributed by atoms with Crippen LogP contribution in [-0.4, -0.2) is 42.3 Å². The topological polar surface area (TPSA) is 114 Å². The molecule has 1 fully saturated rings. The van der Waals surface area contributed by atoms with Crippen LogP contribution in [0.2, 0.25) is 0 Å². The summed E-state index contributed by atoms with van der Waals surface area (Å²) in [4.78, 5) is 41.1. The second-order valence-electron chi connectivity index (χ2n) is 8.70. The first kappa shape index (κ1) is 22.8. The van der Waals surface area contributed by atoms with Crippen LogP contribution in [0.15, 0.2) is 48.5 Å². The van der Waals surface area contributed by atoms with Crippen molar-refractivity contribution in [2.24, 2.45) is 5.41 Å². The summed E-state index contributed by atoms with van der Waals surface area (Å²) in [6.45, 7) is 1.62. The van der Waals surface area contributed by atoms with Gasteiger partial charge in [-0.1, -0.05) is 61.4 Å². The monoisotopic (exact) mass is 452 g/mol. The predicted molar refractivity (Wildman–Crippen MR) is 120 cm³/mol. The first-order valence-corrected chi connectivity index (χ1v) is 11.2. The normalized spacial score (nSPS) is 17.0. The molecular weight excluding hydrogens is 424 g/mol. The Hall–Kier alpha value is -3.39. The Kier molecular flexibility index (Phi) is 6.65. The number of nitrogens with one attached hydrogen (secondary N) is 2. The molecule has 8 heteroatoms. The van der Waals surface area contributed by atoms with E-state index in [1.54, 1.807) is 0 Å². The number of fused-ring (bicyclic) bond motifs is 3. The molecule has 1 unspecified atom stereocenters. The van der Waals surface area contributed by atoms with Gasteiger partial charge < -0.3 is 15.2 Å². The molecule has 0 aromatic heterocycles. The molecule has 33 heavy (non-hydrogen) atoms. The van der Waals surface area contributed by atoms with E-state index < -0.39 is 29.5 Å². The van der Waals surface area contributed by atoms with Crippen molar-refractivity contribution in [3.05, 3.63) is 59.7 Å². The number of carbonyl (C=O) groups excluding carboxylic acids is 2. The molecule has 0 spiro atoms. The smallest absolute Gasteiger partial charge is 0.407 e. The Morgan fingerprint density at radius 2 is 1.61 bits per heavy atom. The third kappa shape index (κ3) is 4.71. The average Bonchev–Trinajstić information content (AvgIpc) is 3.43. The number of carboxylic acid groups (broad SMARTS) is 1. The van der Waals surface area contributed by atoms with E-state index in [0.29, 0.717) is 12.8 Å². The molecular formula is C25H28N2O6. The average molecular weight is 453 g/mol. The second-order valence-corrected chi connectivity index (χ2v) is 8.70. The quantitative estimate of drug-likeness (QED) is 0.528. The molecule has 4 rings (SSSR count). The molecule has 2 aliphatic rings. The van der Waals surface area contributed by atoms with Crippen LogP contribution in [0, 0.1) is 5.41 Å². The van der Waals surface area contributed by atoms with Crippen LogP contribution >= 0.6 is 0 Å². The molecule has 2 aromatic carbocycles. The molecule has 0 bridgehead atoms. The lowest BCUT2D eigenvalue weighted by molar-refractivity contribution is -0.162. The number of hydroxylamine groups is 1. The summed E-state index contributed by atoms with van der Waals surface area (Å²) in [5.41, 5.74) is 5.97. The van der Waals surface area contributed by atoms with Gasteiger partial charge in [-0.15, -0.1) is 0 Å². The van der Waals surface area contributed by atoms with Crippen molar-refractivity contribution in [3.63, 3.8) is 0 Å². The van der Waals surface area contributed by atoms with Gasteiger partial charge in [0.15, 0.2) is 6.10 Å². The molecule has 174 valence electrons. The summed E-state index contributed by atoms with van der Waals surface area (Å²) in [6, 6.07) is 16.2. The highest BCUT2D eigenvalue weighted by atomic mass is 16.7. The Labute approximate surface area is 192 Å². The highest BCUT2D eigenvalue weighted by Crippen LogP contribution is 2.44. The Bertz CT molecular complexity index is 1000. The van der Waals surface area contributed by atoms with Crippen molar-refractivity contribution >= 4 is 18.0 Å². The molecule has 1 saturated carbocycles. The molecule has 3 N–H and O–H groups in total. The number of ether oxygens (including phenoxy) is 1. The van der Waals surface area contributed by atoms with Gasteiger partial charge in [0.2, 0.25) is 0 Å². The van der Waals surface area contributed by atoms with Gasteiger partial charge in [-0.05, 0) is 42.0 Å². The van der Waals surface area contributed by atoms with Crippen LogP contribution < -0.4 is 10.8 Å². The van der Waals surface area contributed by atoms with Crippen molar-refractivity contribution in [3.8, 4) is 11.1 Å². The van der Waals surface area contributed by atoms with E-state index in [1.165, 1.54) is 6.92 Å². The third-order valence-corrected chi connectivity index (χ3v) is 6.63. The van der Waals surface area contributed by atoms with Crippen LogP contribution in [0.1, 0.15) is 49.7 Å². The number of rotatable bonds is 8. The minimum Gasteiger partial charge on any atom is -0.479 e. The Morgan fingerprint density at radius 1 is 1.03 bits per heavy atom. The number of benzene rings is 2. The van der Waals surface area contributed by atoms with Crippen molar-refractivity contribution in [2.45, 2.75) is 44.6 Å². The van der Waals surface area contributed by atoms with Crippen molar-refractivity contribution < 1.29 is 29.1 Å². The fourth-order valence-electron chi connectivity index (χ4n) is 4.73. The van der Waals surface area contributed by atoms with E-state index in [4.69, 9.17) is 14.7 Å². The van der Waals surface area contributed by atoms with Gasteiger partial charge in [0, 0.05) is 12.5 Å². The van der Waals surface area contributed by atoms with Gasteiger partial charge in [-0.3, -0.25) is 9.63 Å². The molecule has 0 saturated heterocycles. The predicted octanol–water partition coefficient (Wildman–Crippen LogP) is 3.61. The Balaban J connectivity index is 1.35. The van der Waals surface area contributed by atoms with Crippen LogP contribution in [0.5, 0.6) is 0 Å². The van der Waals surface area contributed by atoms with Crippen molar-refractivity contribution in [1.29, 1.82) is 0 Å². The number of aliphatic carboxylic acids is 1. The molecule has 1 atom stereocenters. The first-order valence-electron chi connectivity index (χ1n) is 11.2. The van der Waals surface area contributed by atoms with Gasteiger partial charge >= 0.3 is 12.1 Å². The fourth-order valence-corrected chi connectivity index (χ4v) is 4.73. The minimum atomic E-state index is -1.17. The van der Waals surface area contributed by atoms with Gasteiger partial charge in [0.25, 0.3) is 5.91 Å². The number of hydrogen-bond acceptors (Lipinski definition) is 5. The summed E-state index contributed by atoms with van der Waals surface area (Å²) in [5.74, 6) is -1.64. The van der Waals surface area contributed by atoms with E-state index in [1.807, 2.05) is 24.3 Å². The number of alkyl carbamates (subject to hydrolysis) is 1. The maximum Gasteiger partial charge on any atom is 0.407 e. The lowest BCUT2D eigenvalue weighted by Crippen LogP contribution is -2.48. The van der Waals surface area contributed by atoms with E-state index in [2.05, 4.69) is 35.1 Å². The molecule has 2 aliphatic carbocycles. The van der Waals surface area contributed by atoms with Gasteiger partial charge in [-0.2, -0.15) is 0 Å². The highest BCUT2D eigenvalue weighted by Gasteiger charge is 2.42. The zero-order chi connectivity index (χ0) is 23.4. The van der Waals surface area contributed by atoms with Crippen LogP contribution in [0.4, 0.5) is 4.79 Å². The largest absolute Gasteiger partial charge is 0.479 e. The number of hydrogen-bond donors (Lipinski definition) is 3. The molecule has 0 heterocycles. The summed E-state index contributed by atoms with van der Waals surface area (Å²) in [7, 11) is 0. The zero-order valence-corrected chi connectivity index (χ0v) is 18.5. The lowest BCUT2D eigenvalue weighted by atomic mass is 9.85. The number of amides is 2. The van der Waals surface area contributed by atoms with Crippen LogP contribution in [-0.2, 0) is 19.2 Å². The first-order chi connectivity index (χ1) is 15.9. The summed E-state index contributed by atoms with van der Waals surface area (Å²) < 4.78 is 5.56. The highest BCUT2D eigenvalue weighted by molar-refractivity contribution is 5.83. The zero-order valence-electron chi connectivity index (χ0n) is 18.5. The number of carboxylic acids is 1. The third-order valence-electron chi connectivity index (χ3n) is 6.63. The van der Waals surface area contributed by atoms with Gasteiger partial charge in [0.05, 0.1) is 5.41 Å². The Morgan fingerprint density at radius 3 is 2.18 bits per heavy atom.